The lowest BCUT2D eigenvalue weighted by Crippen LogP contribution is -2.43. The van der Waals surface area contributed by atoms with Crippen molar-refractivity contribution in [2.24, 2.45) is 17.6 Å². The number of carbonyl (C=O) groups excluding carboxylic acids is 2. The number of pyridine rings is 1. The monoisotopic (exact) mass is 664 g/mol. The first-order valence-corrected chi connectivity index (χ1v) is 15.7. The van der Waals surface area contributed by atoms with Gasteiger partial charge in [0.1, 0.15) is 0 Å². The molecule has 9 heteroatoms. The highest BCUT2D eigenvalue weighted by atomic mass is 79.9. The maximum absolute atomic E-state index is 13.2. The minimum absolute atomic E-state index is 0.136. The van der Waals surface area contributed by atoms with Gasteiger partial charge < -0.3 is 15.5 Å². The van der Waals surface area contributed by atoms with E-state index in [9.17, 15) is 9.59 Å². The Hall–Kier alpha value is -1.48. The van der Waals surface area contributed by atoms with Gasteiger partial charge in [-0.15, -0.1) is 0 Å². The van der Waals surface area contributed by atoms with Crippen LogP contribution in [0.1, 0.15) is 66.8 Å². The van der Waals surface area contributed by atoms with Crippen molar-refractivity contribution in [2.45, 2.75) is 57.3 Å². The molecular formula is C29H35Br2ClN4O2. The van der Waals surface area contributed by atoms with Gasteiger partial charge in [0.25, 0.3) is 0 Å². The van der Waals surface area contributed by atoms with Crippen molar-refractivity contribution in [3.63, 3.8) is 0 Å². The van der Waals surface area contributed by atoms with Gasteiger partial charge in [-0.2, -0.15) is 0 Å². The fourth-order valence-electron chi connectivity index (χ4n) is 6.56. The average molecular weight is 667 g/mol. The highest BCUT2D eigenvalue weighted by Crippen LogP contribution is 2.46. The molecule has 2 fully saturated rings. The van der Waals surface area contributed by atoms with Gasteiger partial charge in [-0.25, -0.2) is 0 Å². The molecule has 0 radical (unpaired) electrons. The maximum atomic E-state index is 13.2. The largest absolute Gasteiger partial charge is 0.343 e. The molecule has 6 nitrogen and oxygen atoms in total. The number of halogens is 3. The summed E-state index contributed by atoms with van der Waals surface area (Å²) in [6.07, 6.45) is 8.47. The third-order valence-corrected chi connectivity index (χ3v) is 9.88. The SMILES string of the molecule is NCCC(=O)N1CCC(CC(=O)N2CCC(C3c4ncc(Br)cc4CCc4cc(Cl)cc(Br)c43)CC2)CC1. The lowest BCUT2D eigenvalue weighted by atomic mass is 9.76. The van der Waals surface area contributed by atoms with Crippen LogP contribution in [0, 0.1) is 11.8 Å². The summed E-state index contributed by atoms with van der Waals surface area (Å²) in [5.41, 5.74) is 10.6. The fourth-order valence-corrected chi connectivity index (χ4v) is 8.06. The number of likely N-dealkylation sites (tertiary alicyclic amines) is 2. The van der Waals surface area contributed by atoms with Gasteiger partial charge in [-0.1, -0.05) is 27.5 Å². The van der Waals surface area contributed by atoms with Gasteiger partial charge in [0.2, 0.25) is 11.8 Å². The van der Waals surface area contributed by atoms with E-state index in [0.29, 0.717) is 31.2 Å². The molecule has 1 unspecified atom stereocenters. The predicted octanol–water partition coefficient (Wildman–Crippen LogP) is 5.71. The quantitative estimate of drug-likeness (QED) is 0.444. The molecule has 3 aliphatic rings. The van der Waals surface area contributed by atoms with Crippen LogP contribution in [0.25, 0.3) is 0 Å². The molecule has 38 heavy (non-hydrogen) atoms. The molecule has 1 atom stereocenters. The zero-order valence-corrected chi connectivity index (χ0v) is 25.5. The summed E-state index contributed by atoms with van der Waals surface area (Å²) in [6.45, 7) is 3.42. The van der Waals surface area contributed by atoms with Crippen LogP contribution in [-0.2, 0) is 22.4 Å². The van der Waals surface area contributed by atoms with E-state index in [-0.39, 0.29) is 17.7 Å². The highest BCUT2D eigenvalue weighted by Gasteiger charge is 2.36. The van der Waals surface area contributed by atoms with Crippen molar-refractivity contribution in [3.05, 3.63) is 60.7 Å². The fraction of sp³-hybridized carbons (Fsp3) is 0.552. The van der Waals surface area contributed by atoms with E-state index in [4.69, 9.17) is 22.3 Å². The Morgan fingerprint density at radius 2 is 1.61 bits per heavy atom. The van der Waals surface area contributed by atoms with E-state index in [1.54, 1.807) is 0 Å². The van der Waals surface area contributed by atoms with E-state index >= 15 is 0 Å². The number of fused-ring (bicyclic) bond motifs is 2. The number of rotatable bonds is 5. The number of nitrogens with zero attached hydrogens (tertiary/aromatic N) is 3. The van der Waals surface area contributed by atoms with Crippen molar-refractivity contribution in [3.8, 4) is 0 Å². The summed E-state index contributed by atoms with van der Waals surface area (Å²) in [5, 5.41) is 0.754. The Morgan fingerprint density at radius 3 is 2.32 bits per heavy atom. The zero-order chi connectivity index (χ0) is 26.8. The van der Waals surface area contributed by atoms with Gasteiger partial charge in [0.05, 0.1) is 5.69 Å². The molecular weight excluding hydrogens is 632 g/mol. The molecule has 1 aliphatic carbocycles. The number of carbonyl (C=O) groups is 2. The smallest absolute Gasteiger partial charge is 0.223 e. The van der Waals surface area contributed by atoms with E-state index in [1.165, 1.54) is 16.7 Å². The third kappa shape index (κ3) is 6.13. The topological polar surface area (TPSA) is 79.5 Å². The summed E-state index contributed by atoms with van der Waals surface area (Å²) in [6, 6.07) is 6.33. The van der Waals surface area contributed by atoms with Crippen molar-refractivity contribution in [1.82, 2.24) is 14.8 Å². The van der Waals surface area contributed by atoms with Gasteiger partial charge in [0, 0.05) is 71.6 Å². The summed E-state index contributed by atoms with van der Waals surface area (Å²) >= 11 is 13.9. The second kappa shape index (κ2) is 12.4. The van der Waals surface area contributed by atoms with Crippen molar-refractivity contribution >= 4 is 55.3 Å². The molecule has 0 saturated carbocycles. The summed E-state index contributed by atoms with van der Waals surface area (Å²) in [4.78, 5) is 34.3. The summed E-state index contributed by atoms with van der Waals surface area (Å²) in [5.74, 6) is 1.32. The lowest BCUT2D eigenvalue weighted by molar-refractivity contribution is -0.135. The highest BCUT2D eigenvalue weighted by molar-refractivity contribution is 9.10. The van der Waals surface area contributed by atoms with Gasteiger partial charge in [0.15, 0.2) is 0 Å². The first kappa shape index (κ1) is 28.1. The Bertz CT molecular complexity index is 1190. The van der Waals surface area contributed by atoms with Crippen molar-refractivity contribution in [2.75, 3.05) is 32.7 Å². The molecule has 1 aromatic heterocycles. The van der Waals surface area contributed by atoms with Gasteiger partial charge >= 0.3 is 0 Å². The first-order chi connectivity index (χ1) is 18.3. The Labute approximate surface area is 246 Å². The van der Waals surface area contributed by atoms with E-state index < -0.39 is 0 Å². The van der Waals surface area contributed by atoms with Gasteiger partial charge in [-0.05, 0) is 101 Å². The average Bonchev–Trinajstić information content (AvgIpc) is 3.06. The maximum Gasteiger partial charge on any atom is 0.223 e. The second-order valence-electron chi connectivity index (χ2n) is 10.9. The van der Waals surface area contributed by atoms with Crippen LogP contribution >= 0.6 is 43.5 Å². The number of aromatic nitrogens is 1. The number of piperidine rings is 2. The molecule has 1 aromatic carbocycles. The second-order valence-corrected chi connectivity index (χ2v) is 13.1. The van der Waals surface area contributed by atoms with Gasteiger partial charge in [-0.3, -0.25) is 14.6 Å². The Morgan fingerprint density at radius 1 is 0.947 bits per heavy atom. The normalized spacial score (nSPS) is 20.6. The molecule has 3 heterocycles. The van der Waals surface area contributed by atoms with Crippen molar-refractivity contribution in [1.29, 1.82) is 0 Å². The minimum atomic E-state index is 0.136. The van der Waals surface area contributed by atoms with Crippen LogP contribution < -0.4 is 5.73 Å². The molecule has 0 spiro atoms. The standard InChI is InChI=1S/C29H35Br2ClN4O2/c30-22-14-21-2-1-20-15-23(32)16-24(31)27(20)28(29(21)34-17-22)19-6-11-36(12-7-19)26(38)13-18-4-9-35(10-5-18)25(37)3-8-33/h14-19,28H,1-13,33H2. The van der Waals surface area contributed by atoms with E-state index in [0.717, 1.165) is 84.4 Å². The van der Waals surface area contributed by atoms with Crippen molar-refractivity contribution < 1.29 is 9.59 Å². The van der Waals surface area contributed by atoms with Crippen LogP contribution in [0.2, 0.25) is 5.02 Å². The van der Waals surface area contributed by atoms with E-state index in [2.05, 4.69) is 48.9 Å². The Kier molecular flexibility index (Phi) is 9.13. The molecule has 2 saturated heterocycles. The molecule has 2 aromatic rings. The van der Waals surface area contributed by atoms with Crippen LogP contribution in [0.4, 0.5) is 0 Å². The van der Waals surface area contributed by atoms with Crippen LogP contribution in [0.5, 0.6) is 0 Å². The molecule has 2 aliphatic heterocycles. The number of benzene rings is 1. The summed E-state index contributed by atoms with van der Waals surface area (Å²) in [7, 11) is 0. The van der Waals surface area contributed by atoms with Crippen LogP contribution in [0.15, 0.2) is 33.3 Å². The third-order valence-electron chi connectivity index (χ3n) is 8.57. The number of aryl methyl sites for hydroxylation is 2. The molecule has 2 amide bonds. The lowest BCUT2D eigenvalue weighted by Gasteiger charge is -2.38. The minimum Gasteiger partial charge on any atom is -0.343 e. The molecule has 204 valence electrons. The summed E-state index contributed by atoms with van der Waals surface area (Å²) < 4.78 is 2.06. The molecule has 0 bridgehead atoms. The Balaban J connectivity index is 1.26. The van der Waals surface area contributed by atoms with Crippen LogP contribution in [-0.4, -0.2) is 59.3 Å². The number of amides is 2. The number of nitrogens with two attached hydrogens (primary N) is 1. The number of hydrogen-bond donors (Lipinski definition) is 1. The van der Waals surface area contributed by atoms with Crippen LogP contribution in [0.3, 0.4) is 0 Å². The zero-order valence-electron chi connectivity index (χ0n) is 21.6. The molecule has 5 rings (SSSR count). The van der Waals surface area contributed by atoms with E-state index in [1.807, 2.05) is 17.2 Å². The molecule has 2 N–H and O–H groups in total. The predicted molar refractivity (Wildman–Crippen MR) is 157 cm³/mol. The number of hydrogen-bond acceptors (Lipinski definition) is 4. The first-order valence-electron chi connectivity index (χ1n) is 13.7.